The molecule has 0 saturated carbocycles. The zero-order valence-corrected chi connectivity index (χ0v) is 10.8. The molecule has 0 radical (unpaired) electrons. The van der Waals surface area contributed by atoms with Gasteiger partial charge in [-0.2, -0.15) is 0 Å². The van der Waals surface area contributed by atoms with Crippen LogP contribution < -0.4 is 10.1 Å². The highest BCUT2D eigenvalue weighted by atomic mass is 16.5. The lowest BCUT2D eigenvalue weighted by molar-refractivity contribution is 0.196. The third kappa shape index (κ3) is 3.86. The van der Waals surface area contributed by atoms with Crippen LogP contribution in [-0.4, -0.2) is 19.2 Å². The van der Waals surface area contributed by atoms with Crippen molar-refractivity contribution in [1.29, 1.82) is 0 Å². The molecule has 0 aliphatic carbocycles. The lowest BCUT2D eigenvalue weighted by Crippen LogP contribution is -2.28. The highest BCUT2D eigenvalue weighted by molar-refractivity contribution is 5.33. The van der Waals surface area contributed by atoms with E-state index in [1.54, 1.807) is 0 Å². The van der Waals surface area contributed by atoms with E-state index in [0.29, 0.717) is 6.04 Å². The summed E-state index contributed by atoms with van der Waals surface area (Å²) >= 11 is 0. The lowest BCUT2D eigenvalue weighted by atomic mass is 10.1. The number of aryl methyl sites for hydroxylation is 1. The van der Waals surface area contributed by atoms with E-state index < -0.39 is 0 Å². The smallest absolute Gasteiger partial charge is 0.122 e. The van der Waals surface area contributed by atoms with Crippen LogP contribution in [0.3, 0.4) is 0 Å². The van der Waals surface area contributed by atoms with Gasteiger partial charge in [0.15, 0.2) is 0 Å². The second kappa shape index (κ2) is 6.54. The lowest BCUT2D eigenvalue weighted by Gasteiger charge is -2.20. The summed E-state index contributed by atoms with van der Waals surface area (Å²) in [5.41, 5.74) is 1.28. The van der Waals surface area contributed by atoms with Gasteiger partial charge in [-0.1, -0.05) is 25.1 Å². The van der Waals surface area contributed by atoms with Gasteiger partial charge in [-0.3, -0.25) is 0 Å². The first-order valence-corrected chi connectivity index (χ1v) is 6.09. The first kappa shape index (κ1) is 13.0. The Kier molecular flexibility index (Phi) is 5.33. The standard InChI is InChI=1S/C14H23NO/c1-5-13-8-6-7-9-14(13)16-12(3)10-11(2)15-4/h6-9,11-12,15H,5,10H2,1-4H3. The maximum Gasteiger partial charge on any atom is 0.122 e. The van der Waals surface area contributed by atoms with Gasteiger partial charge >= 0.3 is 0 Å². The Hall–Kier alpha value is -1.02. The molecule has 0 fully saturated rings. The van der Waals surface area contributed by atoms with E-state index in [-0.39, 0.29) is 6.10 Å². The molecule has 2 nitrogen and oxygen atoms in total. The van der Waals surface area contributed by atoms with Gasteiger partial charge in [0.25, 0.3) is 0 Å². The molecule has 0 aromatic heterocycles. The monoisotopic (exact) mass is 221 g/mol. The van der Waals surface area contributed by atoms with Crippen molar-refractivity contribution in [3.05, 3.63) is 29.8 Å². The third-order valence-corrected chi connectivity index (χ3v) is 2.86. The van der Waals surface area contributed by atoms with E-state index in [1.807, 2.05) is 13.1 Å². The molecule has 0 bridgehead atoms. The van der Waals surface area contributed by atoms with Gasteiger partial charge in [-0.05, 0) is 45.4 Å². The summed E-state index contributed by atoms with van der Waals surface area (Å²) in [6.45, 7) is 6.45. The zero-order chi connectivity index (χ0) is 12.0. The molecule has 2 atom stereocenters. The third-order valence-electron chi connectivity index (χ3n) is 2.86. The molecule has 90 valence electrons. The number of ether oxygens (including phenoxy) is 1. The van der Waals surface area contributed by atoms with Crippen LogP contribution in [0.2, 0.25) is 0 Å². The van der Waals surface area contributed by atoms with E-state index in [4.69, 9.17) is 4.74 Å². The fourth-order valence-electron chi connectivity index (χ4n) is 1.79. The Bertz CT molecular complexity index is 311. The van der Waals surface area contributed by atoms with Crippen LogP contribution in [0.1, 0.15) is 32.8 Å². The van der Waals surface area contributed by atoms with E-state index in [2.05, 4.69) is 44.3 Å². The summed E-state index contributed by atoms with van der Waals surface area (Å²) in [4.78, 5) is 0. The molecule has 0 saturated heterocycles. The SMILES string of the molecule is CCc1ccccc1OC(C)CC(C)NC. The van der Waals surface area contributed by atoms with Crippen molar-refractivity contribution in [2.75, 3.05) is 7.05 Å². The molecule has 1 N–H and O–H groups in total. The molecule has 1 aromatic carbocycles. The van der Waals surface area contributed by atoms with Crippen LogP contribution in [0.4, 0.5) is 0 Å². The van der Waals surface area contributed by atoms with Crippen molar-refractivity contribution < 1.29 is 4.74 Å². The molecule has 2 heteroatoms. The molecular weight excluding hydrogens is 198 g/mol. The van der Waals surface area contributed by atoms with E-state index in [9.17, 15) is 0 Å². The van der Waals surface area contributed by atoms with Gasteiger partial charge in [0.2, 0.25) is 0 Å². The summed E-state index contributed by atoms with van der Waals surface area (Å²) in [5.74, 6) is 1.03. The second-order valence-corrected chi connectivity index (χ2v) is 4.32. The Balaban J connectivity index is 2.58. The number of nitrogens with one attached hydrogen (secondary N) is 1. The highest BCUT2D eigenvalue weighted by Crippen LogP contribution is 2.20. The Morgan fingerprint density at radius 1 is 1.25 bits per heavy atom. The van der Waals surface area contributed by atoms with Gasteiger partial charge in [0, 0.05) is 6.04 Å². The van der Waals surface area contributed by atoms with Gasteiger partial charge < -0.3 is 10.1 Å². The van der Waals surface area contributed by atoms with Crippen molar-refractivity contribution in [3.63, 3.8) is 0 Å². The van der Waals surface area contributed by atoms with Crippen molar-refractivity contribution in [1.82, 2.24) is 5.32 Å². The molecule has 16 heavy (non-hydrogen) atoms. The molecule has 2 unspecified atom stereocenters. The van der Waals surface area contributed by atoms with Crippen LogP contribution in [0.5, 0.6) is 5.75 Å². The summed E-state index contributed by atoms with van der Waals surface area (Å²) in [5, 5.41) is 3.23. The van der Waals surface area contributed by atoms with Gasteiger partial charge in [-0.25, -0.2) is 0 Å². The number of hydrogen-bond acceptors (Lipinski definition) is 2. The van der Waals surface area contributed by atoms with Crippen molar-refractivity contribution in [3.8, 4) is 5.75 Å². The predicted octanol–water partition coefficient (Wildman–Crippen LogP) is 3.01. The van der Waals surface area contributed by atoms with E-state index >= 15 is 0 Å². The molecular formula is C14H23NO. The normalized spacial score (nSPS) is 14.5. The van der Waals surface area contributed by atoms with Crippen molar-refractivity contribution in [2.45, 2.75) is 45.8 Å². The fourth-order valence-corrected chi connectivity index (χ4v) is 1.79. The molecule has 0 spiro atoms. The van der Waals surface area contributed by atoms with Gasteiger partial charge in [0.05, 0.1) is 6.10 Å². The van der Waals surface area contributed by atoms with Crippen LogP contribution in [-0.2, 0) is 6.42 Å². The van der Waals surface area contributed by atoms with Crippen LogP contribution in [0, 0.1) is 0 Å². The molecule has 0 heterocycles. The summed E-state index contributed by atoms with van der Waals surface area (Å²) in [7, 11) is 1.98. The van der Waals surface area contributed by atoms with Crippen LogP contribution in [0.15, 0.2) is 24.3 Å². The summed E-state index contributed by atoms with van der Waals surface area (Å²) in [6, 6.07) is 8.77. The number of para-hydroxylation sites is 1. The molecule has 0 amide bonds. The van der Waals surface area contributed by atoms with Crippen LogP contribution >= 0.6 is 0 Å². The number of benzene rings is 1. The molecule has 0 aliphatic heterocycles. The van der Waals surface area contributed by atoms with Crippen molar-refractivity contribution >= 4 is 0 Å². The van der Waals surface area contributed by atoms with E-state index in [1.165, 1.54) is 5.56 Å². The maximum absolute atomic E-state index is 5.97. The number of rotatable bonds is 6. The largest absolute Gasteiger partial charge is 0.490 e. The summed E-state index contributed by atoms with van der Waals surface area (Å²) < 4.78 is 5.97. The Morgan fingerprint density at radius 2 is 1.94 bits per heavy atom. The average molecular weight is 221 g/mol. The number of hydrogen-bond donors (Lipinski definition) is 1. The zero-order valence-electron chi connectivity index (χ0n) is 10.8. The topological polar surface area (TPSA) is 21.3 Å². The Labute approximate surface area is 99.0 Å². The van der Waals surface area contributed by atoms with Gasteiger partial charge in [-0.15, -0.1) is 0 Å². The molecule has 1 rings (SSSR count). The predicted molar refractivity (Wildman–Crippen MR) is 69.0 cm³/mol. The van der Waals surface area contributed by atoms with Gasteiger partial charge in [0.1, 0.15) is 5.75 Å². The fraction of sp³-hybridized carbons (Fsp3) is 0.571. The first-order valence-electron chi connectivity index (χ1n) is 6.09. The minimum absolute atomic E-state index is 0.246. The highest BCUT2D eigenvalue weighted by Gasteiger charge is 2.10. The molecule has 1 aromatic rings. The van der Waals surface area contributed by atoms with Crippen molar-refractivity contribution in [2.24, 2.45) is 0 Å². The first-order chi connectivity index (χ1) is 7.67. The van der Waals surface area contributed by atoms with Crippen LogP contribution in [0.25, 0.3) is 0 Å². The average Bonchev–Trinajstić information content (AvgIpc) is 2.29. The maximum atomic E-state index is 5.97. The minimum atomic E-state index is 0.246. The van der Waals surface area contributed by atoms with E-state index in [0.717, 1.165) is 18.6 Å². The summed E-state index contributed by atoms with van der Waals surface area (Å²) in [6.07, 6.45) is 2.29. The minimum Gasteiger partial charge on any atom is -0.490 e. The Morgan fingerprint density at radius 3 is 2.56 bits per heavy atom. The quantitative estimate of drug-likeness (QED) is 0.797. The second-order valence-electron chi connectivity index (χ2n) is 4.32. The molecule has 0 aliphatic rings.